The highest BCUT2D eigenvalue weighted by molar-refractivity contribution is 9.10. The largest absolute Gasteiger partial charge is 0.316 e. The molecule has 106 valence electrons. The van der Waals surface area contributed by atoms with Gasteiger partial charge in [-0.05, 0) is 49.5 Å². The lowest BCUT2D eigenvalue weighted by Crippen LogP contribution is -2.28. The topological polar surface area (TPSA) is 15.3 Å². The molecule has 1 heterocycles. The van der Waals surface area contributed by atoms with E-state index in [-0.39, 0.29) is 0 Å². The highest BCUT2D eigenvalue weighted by atomic mass is 79.9. The van der Waals surface area contributed by atoms with E-state index in [0.29, 0.717) is 0 Å². The number of benzene rings is 1. The lowest BCUT2D eigenvalue weighted by atomic mass is 10.1. The van der Waals surface area contributed by atoms with Gasteiger partial charge in [0.15, 0.2) is 0 Å². The first-order valence-electron chi connectivity index (χ1n) is 7.31. The van der Waals surface area contributed by atoms with Crippen molar-refractivity contribution in [3.05, 3.63) is 34.3 Å². The molecule has 1 aromatic rings. The van der Waals surface area contributed by atoms with Crippen molar-refractivity contribution in [1.29, 1.82) is 0 Å². The van der Waals surface area contributed by atoms with Crippen molar-refractivity contribution in [2.45, 2.75) is 26.8 Å². The normalized spacial score (nSPS) is 20.3. The average Bonchev–Trinajstić information content (AvgIpc) is 2.79. The Morgan fingerprint density at radius 3 is 2.89 bits per heavy atom. The molecule has 1 aliphatic heterocycles. The Labute approximate surface area is 125 Å². The molecule has 0 spiro atoms. The Morgan fingerprint density at radius 2 is 2.16 bits per heavy atom. The van der Waals surface area contributed by atoms with Crippen LogP contribution in [-0.4, -0.2) is 31.1 Å². The van der Waals surface area contributed by atoms with Gasteiger partial charge in [0.25, 0.3) is 0 Å². The van der Waals surface area contributed by atoms with Crippen molar-refractivity contribution in [3.63, 3.8) is 0 Å². The minimum absolute atomic E-state index is 0.748. The van der Waals surface area contributed by atoms with Crippen LogP contribution in [0.4, 0.5) is 0 Å². The molecule has 2 nitrogen and oxygen atoms in total. The Hall–Kier alpha value is -0.380. The molecule has 2 rings (SSSR count). The molecule has 1 fully saturated rings. The van der Waals surface area contributed by atoms with E-state index in [1.165, 1.54) is 36.1 Å². The number of hydrogen-bond donors (Lipinski definition) is 1. The molecule has 0 bridgehead atoms. The van der Waals surface area contributed by atoms with Crippen LogP contribution in [0.1, 0.15) is 25.8 Å². The van der Waals surface area contributed by atoms with E-state index in [9.17, 15) is 0 Å². The van der Waals surface area contributed by atoms with Gasteiger partial charge in [0.1, 0.15) is 0 Å². The highest BCUT2D eigenvalue weighted by Gasteiger charge is 2.22. The predicted octanol–water partition coefficient (Wildman–Crippen LogP) is 3.52. The summed E-state index contributed by atoms with van der Waals surface area (Å²) in [4.78, 5) is 2.57. The van der Waals surface area contributed by atoms with Gasteiger partial charge < -0.3 is 5.32 Å². The van der Waals surface area contributed by atoms with Crippen LogP contribution in [0.25, 0.3) is 0 Å². The summed E-state index contributed by atoms with van der Waals surface area (Å²) in [6.07, 6.45) is 1.33. The van der Waals surface area contributed by atoms with Crippen LogP contribution in [0, 0.1) is 11.8 Å². The number of hydrogen-bond acceptors (Lipinski definition) is 2. The summed E-state index contributed by atoms with van der Waals surface area (Å²) >= 11 is 3.64. The van der Waals surface area contributed by atoms with E-state index in [4.69, 9.17) is 0 Å². The molecule has 0 radical (unpaired) electrons. The first kappa shape index (κ1) is 15.0. The van der Waals surface area contributed by atoms with E-state index in [1.54, 1.807) is 0 Å². The fourth-order valence-corrected chi connectivity index (χ4v) is 3.08. The molecule has 1 N–H and O–H groups in total. The molecule has 1 saturated heterocycles. The van der Waals surface area contributed by atoms with Crippen molar-refractivity contribution >= 4 is 15.9 Å². The summed E-state index contributed by atoms with van der Waals surface area (Å²) in [7, 11) is 0. The SMILES string of the molecule is CC(C)CNCC1CCN(Cc2ccccc2Br)C1. The van der Waals surface area contributed by atoms with Crippen LogP contribution in [0.15, 0.2) is 28.7 Å². The molecule has 1 aromatic carbocycles. The van der Waals surface area contributed by atoms with Gasteiger partial charge in [-0.2, -0.15) is 0 Å². The zero-order chi connectivity index (χ0) is 13.7. The summed E-state index contributed by atoms with van der Waals surface area (Å²) < 4.78 is 1.23. The smallest absolute Gasteiger partial charge is 0.0245 e. The minimum Gasteiger partial charge on any atom is -0.316 e. The summed E-state index contributed by atoms with van der Waals surface area (Å²) in [6, 6.07) is 8.55. The number of nitrogens with zero attached hydrogens (tertiary/aromatic N) is 1. The quantitative estimate of drug-likeness (QED) is 0.861. The van der Waals surface area contributed by atoms with Gasteiger partial charge in [0, 0.05) is 17.6 Å². The molecule has 1 unspecified atom stereocenters. The zero-order valence-corrected chi connectivity index (χ0v) is 13.6. The molecule has 1 atom stereocenters. The van der Waals surface area contributed by atoms with Gasteiger partial charge in [0.05, 0.1) is 0 Å². The van der Waals surface area contributed by atoms with Crippen LogP contribution >= 0.6 is 15.9 Å². The van der Waals surface area contributed by atoms with Crippen LogP contribution in [-0.2, 0) is 6.54 Å². The fourth-order valence-electron chi connectivity index (χ4n) is 2.67. The standard InChI is InChI=1S/C16H25BrN2/c1-13(2)9-18-10-14-7-8-19(11-14)12-15-5-3-4-6-16(15)17/h3-6,13-14,18H,7-12H2,1-2H3. The average molecular weight is 325 g/mol. The van der Waals surface area contributed by atoms with Gasteiger partial charge in [0.2, 0.25) is 0 Å². The van der Waals surface area contributed by atoms with Crippen molar-refractivity contribution in [1.82, 2.24) is 10.2 Å². The van der Waals surface area contributed by atoms with E-state index >= 15 is 0 Å². The number of likely N-dealkylation sites (tertiary alicyclic amines) is 1. The van der Waals surface area contributed by atoms with E-state index in [0.717, 1.165) is 24.9 Å². The van der Waals surface area contributed by atoms with Crippen molar-refractivity contribution in [2.24, 2.45) is 11.8 Å². The Morgan fingerprint density at radius 1 is 1.37 bits per heavy atom. The van der Waals surface area contributed by atoms with Gasteiger partial charge in [-0.1, -0.05) is 48.0 Å². The second-order valence-corrected chi connectivity index (χ2v) is 6.89. The molecular formula is C16H25BrN2. The Bertz CT molecular complexity index is 392. The zero-order valence-electron chi connectivity index (χ0n) is 12.0. The molecule has 0 aromatic heterocycles. The third-order valence-electron chi connectivity index (χ3n) is 3.71. The summed E-state index contributed by atoms with van der Waals surface area (Å²) in [5.41, 5.74) is 1.40. The molecular weight excluding hydrogens is 300 g/mol. The lowest BCUT2D eigenvalue weighted by molar-refractivity contribution is 0.313. The van der Waals surface area contributed by atoms with Gasteiger partial charge in [-0.15, -0.1) is 0 Å². The first-order chi connectivity index (χ1) is 9.15. The van der Waals surface area contributed by atoms with Gasteiger partial charge >= 0.3 is 0 Å². The molecule has 0 amide bonds. The first-order valence-corrected chi connectivity index (χ1v) is 8.11. The van der Waals surface area contributed by atoms with Crippen LogP contribution in [0.3, 0.4) is 0 Å². The van der Waals surface area contributed by atoms with Crippen LogP contribution in [0.2, 0.25) is 0 Å². The predicted molar refractivity (Wildman–Crippen MR) is 85.2 cm³/mol. The molecule has 1 aliphatic rings. The second-order valence-electron chi connectivity index (χ2n) is 6.03. The fraction of sp³-hybridized carbons (Fsp3) is 0.625. The summed E-state index contributed by atoms with van der Waals surface area (Å²) in [6.45, 7) is 10.4. The molecule has 0 aliphatic carbocycles. The summed E-state index contributed by atoms with van der Waals surface area (Å²) in [5, 5.41) is 3.59. The molecule has 3 heteroatoms. The second kappa shape index (κ2) is 7.41. The van der Waals surface area contributed by atoms with Crippen molar-refractivity contribution < 1.29 is 0 Å². The Kier molecular flexibility index (Phi) is 5.86. The third-order valence-corrected chi connectivity index (χ3v) is 4.48. The molecule has 0 saturated carbocycles. The Balaban J connectivity index is 1.75. The molecule has 19 heavy (non-hydrogen) atoms. The third kappa shape index (κ3) is 4.90. The highest BCUT2D eigenvalue weighted by Crippen LogP contribution is 2.22. The maximum absolute atomic E-state index is 3.64. The van der Waals surface area contributed by atoms with Crippen LogP contribution < -0.4 is 5.32 Å². The number of rotatable bonds is 6. The summed E-state index contributed by atoms with van der Waals surface area (Å²) in [5.74, 6) is 1.57. The van der Waals surface area contributed by atoms with E-state index in [2.05, 4.69) is 64.3 Å². The van der Waals surface area contributed by atoms with Crippen LogP contribution in [0.5, 0.6) is 0 Å². The van der Waals surface area contributed by atoms with E-state index < -0.39 is 0 Å². The van der Waals surface area contributed by atoms with Crippen molar-refractivity contribution in [3.8, 4) is 0 Å². The lowest BCUT2D eigenvalue weighted by Gasteiger charge is -2.17. The minimum atomic E-state index is 0.748. The monoisotopic (exact) mass is 324 g/mol. The maximum Gasteiger partial charge on any atom is 0.0245 e. The number of halogens is 1. The maximum atomic E-state index is 3.64. The van der Waals surface area contributed by atoms with Gasteiger partial charge in [-0.3, -0.25) is 4.90 Å². The number of nitrogens with one attached hydrogen (secondary N) is 1. The van der Waals surface area contributed by atoms with Gasteiger partial charge in [-0.25, -0.2) is 0 Å². The van der Waals surface area contributed by atoms with Crippen molar-refractivity contribution in [2.75, 3.05) is 26.2 Å². The van der Waals surface area contributed by atoms with E-state index in [1.807, 2.05) is 0 Å².